The first-order valence-corrected chi connectivity index (χ1v) is 9.87. The minimum atomic E-state index is -1.40. The fraction of sp³-hybridized carbons (Fsp3) is 0.217. The van der Waals surface area contributed by atoms with Gasteiger partial charge >= 0.3 is 29.6 Å². The van der Waals surface area contributed by atoms with Crippen molar-refractivity contribution in [1.82, 2.24) is 20.2 Å². The maximum absolute atomic E-state index is 13.6. The minimum absolute atomic E-state index is 0. The molecular weight excluding hydrogens is 438 g/mol. The fourth-order valence-corrected chi connectivity index (χ4v) is 3.27. The molecule has 0 radical (unpaired) electrons. The van der Waals surface area contributed by atoms with E-state index in [2.05, 4.69) is 15.5 Å². The Morgan fingerprint density at radius 1 is 1.12 bits per heavy atom. The molecule has 2 atom stereocenters. The molecule has 0 aliphatic heterocycles. The molecule has 2 N–H and O–H groups in total. The van der Waals surface area contributed by atoms with Gasteiger partial charge in [0, 0.05) is 31.4 Å². The van der Waals surface area contributed by atoms with Crippen LogP contribution in [0.25, 0.3) is 11.1 Å². The van der Waals surface area contributed by atoms with Crippen LogP contribution >= 0.6 is 0 Å². The summed E-state index contributed by atoms with van der Waals surface area (Å²) in [6.45, 7) is 0. The molecule has 0 saturated heterocycles. The molecule has 0 spiro atoms. The molecule has 0 fully saturated rings. The maximum Gasteiger partial charge on any atom is 1.00 e. The van der Waals surface area contributed by atoms with Crippen LogP contribution in [0.5, 0.6) is 0 Å². The van der Waals surface area contributed by atoms with Crippen LogP contribution in [0.3, 0.4) is 0 Å². The van der Waals surface area contributed by atoms with E-state index in [0.29, 0.717) is 22.5 Å². The van der Waals surface area contributed by atoms with E-state index in [1.165, 1.54) is 22.9 Å². The van der Waals surface area contributed by atoms with Crippen LogP contribution in [-0.4, -0.2) is 48.6 Å². The second-order valence-corrected chi connectivity index (χ2v) is 7.18. The number of carboxylic acids is 1. The number of rotatable bonds is 9. The number of hydrogen-bond acceptors (Lipinski definition) is 7. The summed E-state index contributed by atoms with van der Waals surface area (Å²) >= 11 is 0. The van der Waals surface area contributed by atoms with Gasteiger partial charge < -0.3 is 20.1 Å². The quantitative estimate of drug-likeness (QED) is 0.283. The first kappa shape index (κ1) is 26.6. The number of aromatic nitrogens is 4. The summed E-state index contributed by atoms with van der Waals surface area (Å²) in [7, 11) is 1.66. The largest absolute Gasteiger partial charge is 1.00 e. The number of carboxylic acid groups (broad SMARTS) is 1. The normalized spacial score (nSPS) is 13.8. The summed E-state index contributed by atoms with van der Waals surface area (Å²) in [5, 5.41) is 42.4. The molecule has 10 heteroatoms. The van der Waals surface area contributed by atoms with Crippen molar-refractivity contribution in [3.05, 3.63) is 89.5 Å². The second kappa shape index (κ2) is 12.5. The van der Waals surface area contributed by atoms with E-state index in [1.54, 1.807) is 25.3 Å². The summed E-state index contributed by atoms with van der Waals surface area (Å²) in [4.78, 5) is 10.6. The SMILES string of the molecule is Cn1nnnc1C(/C=C/[C@@H](O)C[C@@H](O)CC(=O)[O-])=C(/c1ccccc1)c1ccc(F)cc1.[Na+]. The van der Waals surface area contributed by atoms with Gasteiger partial charge in [-0.2, -0.15) is 0 Å². The van der Waals surface area contributed by atoms with Crippen molar-refractivity contribution in [1.29, 1.82) is 0 Å². The summed E-state index contributed by atoms with van der Waals surface area (Å²) in [6.07, 6.45) is -0.125. The van der Waals surface area contributed by atoms with Gasteiger partial charge in [-0.05, 0) is 39.3 Å². The number of aliphatic hydroxyl groups excluding tert-OH is 2. The zero-order valence-corrected chi connectivity index (χ0v) is 20.3. The van der Waals surface area contributed by atoms with Crippen molar-refractivity contribution in [2.75, 3.05) is 0 Å². The number of halogens is 1. The third-order valence-electron chi connectivity index (χ3n) is 4.73. The Hall–Kier alpha value is -2.69. The zero-order chi connectivity index (χ0) is 23.1. The number of nitrogens with zero attached hydrogens (tertiary/aromatic N) is 4. The molecule has 1 aromatic heterocycles. The zero-order valence-electron chi connectivity index (χ0n) is 18.3. The van der Waals surface area contributed by atoms with Gasteiger partial charge in [0.1, 0.15) is 5.82 Å². The molecule has 166 valence electrons. The van der Waals surface area contributed by atoms with Crippen LogP contribution in [0.2, 0.25) is 0 Å². The van der Waals surface area contributed by atoms with Gasteiger partial charge in [0.05, 0.1) is 12.2 Å². The molecule has 0 unspecified atom stereocenters. The number of carbonyl (C=O) groups excluding carboxylic acids is 1. The molecule has 0 amide bonds. The predicted molar refractivity (Wildman–Crippen MR) is 113 cm³/mol. The molecule has 0 saturated carbocycles. The van der Waals surface area contributed by atoms with Crippen LogP contribution in [0, 0.1) is 5.82 Å². The Labute approximate surface area is 212 Å². The van der Waals surface area contributed by atoms with Gasteiger partial charge in [-0.1, -0.05) is 54.6 Å². The predicted octanol–water partition coefficient (Wildman–Crippen LogP) is -1.88. The monoisotopic (exact) mass is 460 g/mol. The topological polar surface area (TPSA) is 124 Å². The van der Waals surface area contributed by atoms with Crippen LogP contribution < -0.4 is 34.7 Å². The van der Waals surface area contributed by atoms with E-state index in [9.17, 15) is 24.5 Å². The van der Waals surface area contributed by atoms with E-state index >= 15 is 0 Å². The van der Waals surface area contributed by atoms with E-state index in [0.717, 1.165) is 5.56 Å². The first-order chi connectivity index (χ1) is 15.3. The Morgan fingerprint density at radius 3 is 2.33 bits per heavy atom. The van der Waals surface area contributed by atoms with Gasteiger partial charge in [-0.3, -0.25) is 0 Å². The fourth-order valence-electron chi connectivity index (χ4n) is 3.27. The van der Waals surface area contributed by atoms with E-state index in [-0.39, 0.29) is 41.8 Å². The maximum atomic E-state index is 13.6. The van der Waals surface area contributed by atoms with E-state index in [4.69, 9.17) is 0 Å². The molecule has 2 aromatic carbocycles. The smallest absolute Gasteiger partial charge is 0.550 e. The van der Waals surface area contributed by atoms with Crippen LogP contribution in [0.4, 0.5) is 4.39 Å². The first-order valence-electron chi connectivity index (χ1n) is 9.87. The van der Waals surface area contributed by atoms with Gasteiger partial charge in [0.2, 0.25) is 0 Å². The number of hydrogen-bond donors (Lipinski definition) is 2. The molecule has 1 heterocycles. The van der Waals surface area contributed by atoms with E-state index in [1.807, 2.05) is 30.3 Å². The molecule has 33 heavy (non-hydrogen) atoms. The molecular formula is C23H22FN4NaO4. The summed E-state index contributed by atoms with van der Waals surface area (Å²) in [6, 6.07) is 15.3. The third-order valence-corrected chi connectivity index (χ3v) is 4.73. The van der Waals surface area contributed by atoms with E-state index < -0.39 is 24.6 Å². The van der Waals surface area contributed by atoms with Crippen molar-refractivity contribution in [3.63, 3.8) is 0 Å². The molecule has 0 aliphatic rings. The van der Waals surface area contributed by atoms with Crippen molar-refractivity contribution in [2.24, 2.45) is 7.05 Å². The third kappa shape index (κ3) is 7.41. The van der Waals surface area contributed by atoms with Crippen LogP contribution in [0.15, 0.2) is 66.7 Å². The summed E-state index contributed by atoms with van der Waals surface area (Å²) in [5.41, 5.74) is 2.76. The Morgan fingerprint density at radius 2 is 1.76 bits per heavy atom. The average Bonchev–Trinajstić information content (AvgIpc) is 3.17. The van der Waals surface area contributed by atoms with Gasteiger partial charge in [-0.15, -0.1) is 5.10 Å². The standard InChI is InChI=1S/C23H23FN4O4.Na/c1-28-23(25-26-27-28)20(12-11-18(29)13-19(30)14-21(31)32)22(15-5-3-2-4-6-15)16-7-9-17(24)10-8-16;/h2-12,18-19,29-30H,13-14H2,1H3,(H,31,32);/q;+1/p-1/b12-11+,22-20-;/t18-,19-;/m1./s1. The molecule has 3 aromatic rings. The number of aryl methyl sites for hydroxylation is 1. The van der Waals surface area contributed by atoms with Crippen LogP contribution in [0.1, 0.15) is 29.8 Å². The van der Waals surface area contributed by atoms with Crippen molar-refractivity contribution >= 4 is 17.1 Å². The van der Waals surface area contributed by atoms with Crippen molar-refractivity contribution in [2.45, 2.75) is 25.0 Å². The Kier molecular flexibility index (Phi) is 10.1. The molecule has 0 aliphatic carbocycles. The minimum Gasteiger partial charge on any atom is -0.550 e. The number of benzene rings is 2. The van der Waals surface area contributed by atoms with Gasteiger partial charge in [0.25, 0.3) is 0 Å². The second-order valence-electron chi connectivity index (χ2n) is 7.18. The van der Waals surface area contributed by atoms with Crippen molar-refractivity contribution in [3.8, 4) is 0 Å². The number of tetrazole rings is 1. The summed E-state index contributed by atoms with van der Waals surface area (Å²) < 4.78 is 15.0. The molecule has 0 bridgehead atoms. The van der Waals surface area contributed by atoms with Gasteiger partial charge in [0.15, 0.2) is 5.82 Å². The van der Waals surface area contributed by atoms with Crippen LogP contribution in [-0.2, 0) is 11.8 Å². The molecule has 3 rings (SSSR count). The number of carbonyl (C=O) groups is 1. The van der Waals surface area contributed by atoms with Gasteiger partial charge in [-0.25, -0.2) is 9.07 Å². The number of allylic oxidation sites excluding steroid dienone is 2. The summed E-state index contributed by atoms with van der Waals surface area (Å²) in [5.74, 6) is -1.38. The number of aliphatic hydroxyl groups is 2. The molecule has 8 nitrogen and oxygen atoms in total. The number of aliphatic carboxylic acids is 1. The van der Waals surface area contributed by atoms with Crippen molar-refractivity contribution < 1.29 is 54.1 Å². The average molecular weight is 460 g/mol. The Balaban J connectivity index is 0.00000385. The Bertz CT molecular complexity index is 1120.